The molecule has 0 spiro atoms. The number of piperidine rings is 1. The largest absolute Gasteiger partial charge is 0.393 e. The molecule has 1 amide bonds. The van der Waals surface area contributed by atoms with Crippen LogP contribution in [0, 0.1) is 23.2 Å². The van der Waals surface area contributed by atoms with Gasteiger partial charge in [-0.2, -0.15) is 18.4 Å². The minimum absolute atomic E-state index is 0.0728. The monoisotopic (exact) mass is 303 g/mol. The molecule has 0 aromatic rings. The third-order valence-electron chi connectivity index (χ3n) is 4.36. The molecule has 2 aliphatic rings. The molecule has 21 heavy (non-hydrogen) atoms. The summed E-state index contributed by atoms with van der Waals surface area (Å²) < 4.78 is 38.2. The molecular formula is C14H20F3N3O. The van der Waals surface area contributed by atoms with Crippen LogP contribution >= 0.6 is 0 Å². The normalized spacial score (nSPS) is 26.7. The van der Waals surface area contributed by atoms with E-state index in [1.54, 1.807) is 6.92 Å². The van der Waals surface area contributed by atoms with Crippen molar-refractivity contribution in [3.63, 3.8) is 0 Å². The van der Waals surface area contributed by atoms with Crippen molar-refractivity contribution in [3.05, 3.63) is 0 Å². The lowest BCUT2D eigenvalue weighted by Crippen LogP contribution is -2.52. The van der Waals surface area contributed by atoms with Gasteiger partial charge in [-0.25, -0.2) is 0 Å². The highest BCUT2D eigenvalue weighted by atomic mass is 19.4. The summed E-state index contributed by atoms with van der Waals surface area (Å²) in [4.78, 5) is 13.5. The molecule has 0 aromatic carbocycles. The summed E-state index contributed by atoms with van der Waals surface area (Å²) in [6, 6.07) is 2.11. The fourth-order valence-electron chi connectivity index (χ4n) is 2.88. The molecule has 2 atom stereocenters. The number of nitriles is 1. The van der Waals surface area contributed by atoms with Crippen molar-refractivity contribution < 1.29 is 18.0 Å². The van der Waals surface area contributed by atoms with Gasteiger partial charge in [-0.3, -0.25) is 9.69 Å². The average Bonchev–Trinajstić information content (AvgIpc) is 3.22. The summed E-state index contributed by atoms with van der Waals surface area (Å²) in [6.07, 6.45) is -1.83. The van der Waals surface area contributed by atoms with Gasteiger partial charge >= 0.3 is 6.18 Å². The zero-order valence-corrected chi connectivity index (χ0v) is 12.0. The molecule has 1 saturated carbocycles. The average molecular weight is 303 g/mol. The van der Waals surface area contributed by atoms with Crippen molar-refractivity contribution in [3.8, 4) is 6.07 Å². The van der Waals surface area contributed by atoms with E-state index in [1.807, 2.05) is 0 Å². The second kappa shape index (κ2) is 5.84. The molecule has 2 fully saturated rings. The zero-order valence-electron chi connectivity index (χ0n) is 12.0. The maximum absolute atomic E-state index is 12.7. The molecule has 0 aromatic heterocycles. The Morgan fingerprint density at radius 1 is 1.33 bits per heavy atom. The molecule has 0 radical (unpaired) electrons. The molecule has 1 saturated heterocycles. The molecule has 0 bridgehead atoms. The van der Waals surface area contributed by atoms with Gasteiger partial charge in [0.25, 0.3) is 0 Å². The smallest absolute Gasteiger partial charge is 0.337 e. The third-order valence-corrected chi connectivity index (χ3v) is 4.36. The van der Waals surface area contributed by atoms with Gasteiger partial charge in [0, 0.05) is 6.54 Å². The van der Waals surface area contributed by atoms with Crippen molar-refractivity contribution in [1.29, 1.82) is 5.26 Å². The Morgan fingerprint density at radius 2 is 2.00 bits per heavy atom. The first-order chi connectivity index (χ1) is 9.74. The summed E-state index contributed by atoms with van der Waals surface area (Å²) in [6.45, 7) is 1.96. The number of nitrogens with one attached hydrogen (secondary N) is 1. The summed E-state index contributed by atoms with van der Waals surface area (Å²) in [5.74, 6) is -1.56. The van der Waals surface area contributed by atoms with Crippen LogP contribution in [0.1, 0.15) is 32.6 Å². The summed E-state index contributed by atoms with van der Waals surface area (Å²) in [5.41, 5.74) is -0.893. The van der Waals surface area contributed by atoms with Crippen molar-refractivity contribution >= 4 is 5.91 Å². The van der Waals surface area contributed by atoms with E-state index in [1.165, 1.54) is 4.90 Å². The Kier molecular flexibility index (Phi) is 4.47. The molecule has 0 unspecified atom stereocenters. The lowest BCUT2D eigenvalue weighted by molar-refractivity contribution is -0.187. The number of hydrogen-bond donors (Lipinski definition) is 1. The number of rotatable bonds is 4. The van der Waals surface area contributed by atoms with Crippen LogP contribution < -0.4 is 5.32 Å². The number of nitrogens with zero attached hydrogens (tertiary/aromatic N) is 2. The van der Waals surface area contributed by atoms with Crippen LogP contribution in [-0.4, -0.2) is 42.2 Å². The zero-order chi connectivity index (χ0) is 15.7. The maximum Gasteiger partial charge on any atom is 0.393 e. The van der Waals surface area contributed by atoms with Crippen LogP contribution in [-0.2, 0) is 4.79 Å². The number of carbonyl (C=O) groups is 1. The Bertz CT molecular complexity index is 442. The number of hydrogen-bond acceptors (Lipinski definition) is 3. The Labute approximate surface area is 122 Å². The molecule has 1 aliphatic heterocycles. The minimum Gasteiger partial charge on any atom is -0.337 e. The molecule has 1 heterocycles. The topological polar surface area (TPSA) is 56.1 Å². The molecule has 4 nitrogen and oxygen atoms in total. The standard InChI is InChI=1S/C14H20F3N3O/c1-13(9-18,10-4-5-10)19-12(21)8-20-6-2-3-11(7-20)14(15,16)17/h10-11H,2-8H2,1H3,(H,19,21)/t11-,13+/m1/s1. The fraction of sp³-hybridized carbons (Fsp3) is 0.857. The van der Waals surface area contributed by atoms with E-state index < -0.39 is 17.6 Å². The van der Waals surface area contributed by atoms with Crippen LogP contribution in [0.5, 0.6) is 0 Å². The van der Waals surface area contributed by atoms with Crippen LogP contribution in [0.25, 0.3) is 0 Å². The fourth-order valence-corrected chi connectivity index (χ4v) is 2.88. The van der Waals surface area contributed by atoms with E-state index >= 15 is 0 Å². The Morgan fingerprint density at radius 3 is 2.52 bits per heavy atom. The number of halogens is 3. The van der Waals surface area contributed by atoms with E-state index in [0.29, 0.717) is 13.0 Å². The van der Waals surface area contributed by atoms with E-state index in [4.69, 9.17) is 0 Å². The second-order valence-electron chi connectivity index (χ2n) is 6.25. The molecule has 2 rings (SSSR count). The van der Waals surface area contributed by atoms with Crippen LogP contribution in [0.4, 0.5) is 13.2 Å². The highest BCUT2D eigenvalue weighted by Crippen LogP contribution is 2.39. The first-order valence-corrected chi connectivity index (χ1v) is 7.26. The molecule has 7 heteroatoms. The highest BCUT2D eigenvalue weighted by molar-refractivity contribution is 5.79. The van der Waals surface area contributed by atoms with E-state index in [0.717, 1.165) is 12.8 Å². The predicted molar refractivity (Wildman–Crippen MR) is 70.1 cm³/mol. The molecule has 1 aliphatic carbocycles. The van der Waals surface area contributed by atoms with Gasteiger partial charge in [0.05, 0.1) is 18.5 Å². The summed E-state index contributed by atoms with van der Waals surface area (Å²) >= 11 is 0. The third kappa shape index (κ3) is 4.10. The Balaban J connectivity index is 1.86. The van der Waals surface area contributed by atoms with E-state index in [-0.39, 0.29) is 31.3 Å². The lowest BCUT2D eigenvalue weighted by Gasteiger charge is -2.34. The molecular weight excluding hydrogens is 283 g/mol. The van der Waals surface area contributed by atoms with Crippen LogP contribution in [0.15, 0.2) is 0 Å². The number of carbonyl (C=O) groups excluding carboxylic acids is 1. The van der Waals surface area contributed by atoms with Crippen molar-refractivity contribution in [1.82, 2.24) is 10.2 Å². The SMILES string of the molecule is C[C@@](C#N)(NC(=O)CN1CCC[C@@H](C(F)(F)F)C1)C1CC1. The van der Waals surface area contributed by atoms with Crippen LogP contribution in [0.2, 0.25) is 0 Å². The van der Waals surface area contributed by atoms with Gasteiger partial charge in [0.1, 0.15) is 5.54 Å². The second-order valence-corrected chi connectivity index (χ2v) is 6.25. The van der Waals surface area contributed by atoms with Crippen LogP contribution in [0.3, 0.4) is 0 Å². The predicted octanol–water partition coefficient (Wildman–Crippen LogP) is 2.07. The number of likely N-dealkylation sites (tertiary alicyclic amines) is 1. The maximum atomic E-state index is 12.7. The Hall–Kier alpha value is -1.29. The quantitative estimate of drug-likeness (QED) is 0.865. The molecule has 1 N–H and O–H groups in total. The van der Waals surface area contributed by atoms with Gasteiger partial charge in [-0.05, 0) is 45.1 Å². The van der Waals surface area contributed by atoms with E-state index in [9.17, 15) is 23.2 Å². The van der Waals surface area contributed by atoms with Gasteiger partial charge in [-0.15, -0.1) is 0 Å². The van der Waals surface area contributed by atoms with Crippen molar-refractivity contribution in [2.45, 2.75) is 44.3 Å². The lowest BCUT2D eigenvalue weighted by atomic mass is 9.96. The van der Waals surface area contributed by atoms with Crippen molar-refractivity contribution in [2.75, 3.05) is 19.6 Å². The first-order valence-electron chi connectivity index (χ1n) is 7.26. The van der Waals surface area contributed by atoms with Gasteiger partial charge in [0.15, 0.2) is 0 Å². The number of amides is 1. The minimum atomic E-state index is -4.20. The van der Waals surface area contributed by atoms with Gasteiger partial charge < -0.3 is 5.32 Å². The molecule has 118 valence electrons. The summed E-state index contributed by atoms with van der Waals surface area (Å²) in [5, 5.41) is 11.9. The van der Waals surface area contributed by atoms with Gasteiger partial charge in [-0.1, -0.05) is 0 Å². The highest BCUT2D eigenvalue weighted by Gasteiger charge is 2.44. The number of alkyl halides is 3. The van der Waals surface area contributed by atoms with Gasteiger partial charge in [0.2, 0.25) is 5.91 Å². The summed E-state index contributed by atoms with van der Waals surface area (Å²) in [7, 11) is 0. The first kappa shape index (κ1) is 16.1. The van der Waals surface area contributed by atoms with E-state index in [2.05, 4.69) is 11.4 Å². The van der Waals surface area contributed by atoms with Crippen molar-refractivity contribution in [2.24, 2.45) is 11.8 Å².